The summed E-state index contributed by atoms with van der Waals surface area (Å²) in [4.78, 5) is 16.3. The van der Waals surface area contributed by atoms with E-state index in [1.54, 1.807) is 11.3 Å². The summed E-state index contributed by atoms with van der Waals surface area (Å²) >= 11 is 4.94. The van der Waals surface area contributed by atoms with Gasteiger partial charge in [0.1, 0.15) is 6.33 Å². The fraction of sp³-hybridized carbons (Fsp3) is 0.125. The molecule has 15 heavy (non-hydrogen) atoms. The monoisotopic (exact) mass is 286 g/mol. The summed E-state index contributed by atoms with van der Waals surface area (Å²) in [6.45, 7) is 0.496. The van der Waals surface area contributed by atoms with Crippen molar-refractivity contribution in [1.29, 1.82) is 0 Å². The molecule has 2 N–H and O–H groups in total. The molecule has 0 atom stereocenters. The van der Waals surface area contributed by atoms with Gasteiger partial charge in [-0.15, -0.1) is 11.3 Å². The van der Waals surface area contributed by atoms with Gasteiger partial charge in [-0.1, -0.05) is 0 Å². The van der Waals surface area contributed by atoms with E-state index < -0.39 is 0 Å². The summed E-state index contributed by atoms with van der Waals surface area (Å²) in [5, 5.41) is 8.83. The van der Waals surface area contributed by atoms with Crippen LogP contribution < -0.4 is 5.32 Å². The number of aromatic amines is 1. The van der Waals surface area contributed by atoms with Crippen LogP contribution in [-0.2, 0) is 6.54 Å². The maximum atomic E-state index is 11.4. The second-order valence-electron chi connectivity index (χ2n) is 2.72. The highest BCUT2D eigenvalue weighted by atomic mass is 79.9. The fourth-order valence-electron chi connectivity index (χ4n) is 1.01. The first-order valence-electron chi connectivity index (χ1n) is 4.13. The fourth-order valence-corrected chi connectivity index (χ4v) is 2.44. The number of hydrogen-bond acceptors (Lipinski definition) is 4. The number of hydrogen-bond donors (Lipinski definition) is 2. The lowest BCUT2D eigenvalue weighted by molar-refractivity contribution is 0.0941. The van der Waals surface area contributed by atoms with Gasteiger partial charge in [-0.3, -0.25) is 9.89 Å². The van der Waals surface area contributed by atoms with Crippen LogP contribution in [0.3, 0.4) is 0 Å². The van der Waals surface area contributed by atoms with E-state index in [-0.39, 0.29) is 11.7 Å². The van der Waals surface area contributed by atoms with E-state index in [1.807, 2.05) is 12.1 Å². The number of carbonyl (C=O) groups is 1. The van der Waals surface area contributed by atoms with Crippen LogP contribution in [0.5, 0.6) is 0 Å². The Morgan fingerprint density at radius 2 is 2.47 bits per heavy atom. The number of amides is 1. The van der Waals surface area contributed by atoms with Crippen LogP contribution in [0, 0.1) is 0 Å². The molecular weight excluding hydrogens is 280 g/mol. The molecule has 0 aliphatic carbocycles. The highest BCUT2D eigenvalue weighted by Crippen LogP contribution is 2.21. The number of nitrogens with one attached hydrogen (secondary N) is 2. The van der Waals surface area contributed by atoms with Crippen molar-refractivity contribution in [3.63, 3.8) is 0 Å². The van der Waals surface area contributed by atoms with Crippen LogP contribution in [0.2, 0.25) is 0 Å². The van der Waals surface area contributed by atoms with Crippen LogP contribution in [0.25, 0.3) is 0 Å². The first kappa shape index (κ1) is 10.3. The topological polar surface area (TPSA) is 70.7 Å². The largest absolute Gasteiger partial charge is 0.344 e. The average Bonchev–Trinajstić information content (AvgIpc) is 2.84. The molecule has 2 rings (SSSR count). The van der Waals surface area contributed by atoms with Crippen LogP contribution >= 0.6 is 27.3 Å². The number of halogens is 1. The number of nitrogens with zero attached hydrogens (tertiary/aromatic N) is 2. The molecule has 2 aromatic heterocycles. The van der Waals surface area contributed by atoms with Gasteiger partial charge in [0.2, 0.25) is 5.82 Å². The molecule has 0 aromatic carbocycles. The second kappa shape index (κ2) is 4.54. The smallest absolute Gasteiger partial charge is 0.288 e. The highest BCUT2D eigenvalue weighted by Gasteiger charge is 2.08. The van der Waals surface area contributed by atoms with Crippen LogP contribution in [0.15, 0.2) is 22.2 Å². The number of H-pyrrole nitrogens is 1. The highest BCUT2D eigenvalue weighted by molar-refractivity contribution is 9.11. The molecule has 2 aromatic rings. The molecule has 78 valence electrons. The van der Waals surface area contributed by atoms with Crippen LogP contribution in [0.4, 0.5) is 0 Å². The number of aromatic nitrogens is 3. The average molecular weight is 287 g/mol. The van der Waals surface area contributed by atoms with Crippen LogP contribution in [0.1, 0.15) is 15.5 Å². The van der Waals surface area contributed by atoms with Crippen molar-refractivity contribution in [2.24, 2.45) is 0 Å². The van der Waals surface area contributed by atoms with Gasteiger partial charge in [0.05, 0.1) is 10.3 Å². The van der Waals surface area contributed by atoms with Crippen molar-refractivity contribution in [3.05, 3.63) is 32.9 Å². The summed E-state index contributed by atoms with van der Waals surface area (Å²) in [6, 6.07) is 3.90. The van der Waals surface area contributed by atoms with E-state index in [0.717, 1.165) is 8.66 Å². The van der Waals surface area contributed by atoms with Crippen molar-refractivity contribution in [2.75, 3.05) is 0 Å². The second-order valence-corrected chi connectivity index (χ2v) is 5.27. The van der Waals surface area contributed by atoms with Gasteiger partial charge in [-0.25, -0.2) is 4.98 Å². The molecule has 0 saturated carbocycles. The summed E-state index contributed by atoms with van der Waals surface area (Å²) in [5.41, 5.74) is 0. The molecular formula is C8H7BrN4OS. The lowest BCUT2D eigenvalue weighted by atomic mass is 10.4. The van der Waals surface area contributed by atoms with Gasteiger partial charge >= 0.3 is 0 Å². The number of rotatable bonds is 3. The third-order valence-corrected chi connectivity index (χ3v) is 3.31. The van der Waals surface area contributed by atoms with Gasteiger partial charge in [-0.2, -0.15) is 5.10 Å². The Kier molecular flexibility index (Phi) is 3.12. The van der Waals surface area contributed by atoms with E-state index in [0.29, 0.717) is 6.54 Å². The van der Waals surface area contributed by atoms with E-state index in [2.05, 4.69) is 36.4 Å². The maximum absolute atomic E-state index is 11.4. The standard InChI is InChI=1S/C8H7BrN4OS/c9-6-2-1-5(15-6)3-10-8(14)7-11-4-12-13-7/h1-2,4H,3H2,(H,10,14)(H,11,12,13). The van der Waals surface area contributed by atoms with E-state index in [4.69, 9.17) is 0 Å². The van der Waals surface area contributed by atoms with Gasteiger partial charge in [0.25, 0.3) is 5.91 Å². The molecule has 0 fully saturated rings. The molecule has 0 radical (unpaired) electrons. The third kappa shape index (κ3) is 2.63. The normalized spacial score (nSPS) is 10.2. The van der Waals surface area contributed by atoms with Crippen LogP contribution in [-0.4, -0.2) is 21.1 Å². The SMILES string of the molecule is O=C(NCc1ccc(Br)s1)c1ncn[nH]1. The van der Waals surface area contributed by atoms with E-state index in [1.165, 1.54) is 6.33 Å². The van der Waals surface area contributed by atoms with E-state index in [9.17, 15) is 4.79 Å². The summed E-state index contributed by atoms with van der Waals surface area (Å²) in [6.07, 6.45) is 1.30. The first-order valence-corrected chi connectivity index (χ1v) is 5.74. The van der Waals surface area contributed by atoms with Crippen molar-refractivity contribution in [3.8, 4) is 0 Å². The quantitative estimate of drug-likeness (QED) is 0.900. The predicted octanol–water partition coefficient (Wildman–Crippen LogP) is 1.56. The zero-order valence-electron chi connectivity index (χ0n) is 7.53. The lowest BCUT2D eigenvalue weighted by Crippen LogP contribution is -2.23. The Morgan fingerprint density at radius 3 is 3.07 bits per heavy atom. The Bertz CT molecular complexity index is 453. The minimum Gasteiger partial charge on any atom is -0.344 e. The summed E-state index contributed by atoms with van der Waals surface area (Å²) < 4.78 is 1.05. The van der Waals surface area contributed by atoms with E-state index >= 15 is 0 Å². The van der Waals surface area contributed by atoms with Crippen molar-refractivity contribution in [1.82, 2.24) is 20.5 Å². The van der Waals surface area contributed by atoms with Gasteiger partial charge in [0, 0.05) is 4.88 Å². The van der Waals surface area contributed by atoms with Gasteiger partial charge in [-0.05, 0) is 28.1 Å². The molecule has 0 unspecified atom stereocenters. The third-order valence-electron chi connectivity index (χ3n) is 1.68. The molecule has 0 aliphatic rings. The zero-order chi connectivity index (χ0) is 10.7. The first-order chi connectivity index (χ1) is 7.25. The minimum absolute atomic E-state index is 0.227. The Hall–Kier alpha value is -1.21. The minimum atomic E-state index is -0.253. The Morgan fingerprint density at radius 1 is 1.60 bits per heavy atom. The molecule has 7 heteroatoms. The molecule has 1 amide bonds. The Balaban J connectivity index is 1.91. The summed E-state index contributed by atoms with van der Waals surface area (Å²) in [5.74, 6) is -0.0253. The van der Waals surface area contributed by atoms with Gasteiger partial charge in [0.15, 0.2) is 0 Å². The summed E-state index contributed by atoms with van der Waals surface area (Å²) in [7, 11) is 0. The number of thiophene rings is 1. The molecule has 2 heterocycles. The van der Waals surface area contributed by atoms with Gasteiger partial charge < -0.3 is 5.32 Å². The van der Waals surface area contributed by atoms with Crippen molar-refractivity contribution < 1.29 is 4.79 Å². The van der Waals surface area contributed by atoms with Crippen molar-refractivity contribution >= 4 is 33.2 Å². The molecule has 0 spiro atoms. The molecule has 5 nitrogen and oxygen atoms in total. The molecule has 0 aliphatic heterocycles. The maximum Gasteiger partial charge on any atom is 0.288 e. The molecule has 0 bridgehead atoms. The number of carbonyl (C=O) groups excluding carboxylic acids is 1. The predicted molar refractivity (Wildman–Crippen MR) is 59.6 cm³/mol. The molecule has 0 saturated heterocycles. The Labute approximate surface area is 98.1 Å². The van der Waals surface area contributed by atoms with Crippen molar-refractivity contribution in [2.45, 2.75) is 6.54 Å². The lowest BCUT2D eigenvalue weighted by Gasteiger charge is -1.99. The zero-order valence-corrected chi connectivity index (χ0v) is 9.93.